The van der Waals surface area contributed by atoms with Crippen molar-refractivity contribution in [2.24, 2.45) is 5.92 Å². The van der Waals surface area contributed by atoms with Crippen LogP contribution in [0, 0.1) is 17.2 Å². The number of hydrogen-bond acceptors (Lipinski definition) is 7. The minimum absolute atomic E-state index is 0.0336. The van der Waals surface area contributed by atoms with Crippen molar-refractivity contribution < 1.29 is 45.4 Å². The first-order chi connectivity index (χ1) is 27.2. The summed E-state index contributed by atoms with van der Waals surface area (Å²) >= 11 is 0. The van der Waals surface area contributed by atoms with Gasteiger partial charge in [-0.05, 0) is 86.3 Å². The highest BCUT2D eigenvalue weighted by Crippen LogP contribution is 2.40. The van der Waals surface area contributed by atoms with Gasteiger partial charge < -0.3 is 29.9 Å². The van der Waals surface area contributed by atoms with Gasteiger partial charge in [-0.1, -0.05) is 25.0 Å². The number of rotatable bonds is 8. The molecule has 2 amide bonds. The first kappa shape index (κ1) is 42.2. The highest BCUT2D eigenvalue weighted by molar-refractivity contribution is 6.05. The minimum Gasteiger partial charge on any atom is -0.497 e. The van der Waals surface area contributed by atoms with Crippen molar-refractivity contribution in [2.75, 3.05) is 60.8 Å². The Kier molecular flexibility index (Phi) is 13.9. The van der Waals surface area contributed by atoms with Crippen molar-refractivity contribution in [3.05, 3.63) is 107 Å². The largest absolute Gasteiger partial charge is 0.497 e. The summed E-state index contributed by atoms with van der Waals surface area (Å²) in [7, 11) is 2.98. The first-order valence-corrected chi connectivity index (χ1v) is 18.4. The van der Waals surface area contributed by atoms with Crippen LogP contribution in [0.25, 0.3) is 0 Å². The molecule has 0 atom stereocenters. The number of alkyl halides is 6. The average Bonchev–Trinajstić information content (AvgIpc) is 3.50. The predicted octanol–water partition coefficient (Wildman–Crippen LogP) is 10.1. The third kappa shape index (κ3) is 11.3. The van der Waals surface area contributed by atoms with Crippen molar-refractivity contribution in [3.63, 3.8) is 0 Å². The van der Waals surface area contributed by atoms with Crippen LogP contribution < -0.4 is 29.9 Å². The fourth-order valence-corrected chi connectivity index (χ4v) is 6.73. The number of carbonyl (C=O) groups is 2. The van der Waals surface area contributed by atoms with Crippen molar-refractivity contribution in [1.29, 1.82) is 5.26 Å². The Balaban J connectivity index is 0.000000218. The summed E-state index contributed by atoms with van der Waals surface area (Å²) in [5, 5.41) is 14.2. The predicted molar refractivity (Wildman–Crippen MR) is 206 cm³/mol. The Morgan fingerprint density at radius 2 is 1.05 bits per heavy atom. The van der Waals surface area contributed by atoms with E-state index < -0.39 is 35.3 Å². The van der Waals surface area contributed by atoms with E-state index in [1.165, 1.54) is 38.5 Å². The van der Waals surface area contributed by atoms with E-state index in [9.17, 15) is 35.9 Å². The zero-order valence-corrected chi connectivity index (χ0v) is 31.5. The molecule has 57 heavy (non-hydrogen) atoms. The lowest BCUT2D eigenvalue weighted by molar-refractivity contribution is -0.138. The molecule has 2 saturated heterocycles. The summed E-state index contributed by atoms with van der Waals surface area (Å²) in [6.07, 6.45) is -4.30. The molecule has 9 nitrogen and oxygen atoms in total. The molecular weight excluding hydrogens is 752 g/mol. The smallest absolute Gasteiger partial charge is 0.418 e. The molecule has 0 aliphatic carbocycles. The van der Waals surface area contributed by atoms with Crippen LogP contribution in [-0.4, -0.2) is 52.2 Å². The van der Waals surface area contributed by atoms with E-state index in [1.807, 2.05) is 0 Å². The highest BCUT2D eigenvalue weighted by atomic mass is 19.4. The maximum atomic E-state index is 13.7. The van der Waals surface area contributed by atoms with E-state index in [1.54, 1.807) is 58.3 Å². The number of methoxy groups -OCH3 is 2. The van der Waals surface area contributed by atoms with Crippen molar-refractivity contribution in [2.45, 2.75) is 50.9 Å². The molecule has 302 valence electrons. The Bertz CT molecular complexity index is 2050. The van der Waals surface area contributed by atoms with Crippen LogP contribution in [0.4, 0.5) is 49.1 Å². The number of halogens is 6. The summed E-state index contributed by atoms with van der Waals surface area (Å²) in [5.41, 5.74) is -0.692. The summed E-state index contributed by atoms with van der Waals surface area (Å²) in [5.74, 6) is -0.298. The lowest BCUT2D eigenvalue weighted by Crippen LogP contribution is -2.34. The SMILES string of the molecule is COc1cccc(NC(=O)c2ccc(N3CCC(C#N)CC3)c(C(F)(F)F)c2)c1.COc1cccc(NC(=O)c2ccc(N3CCCCCC3)c(C(F)(F)F)c2)c1. The maximum Gasteiger partial charge on any atom is 0.418 e. The number of nitriles is 1. The van der Waals surface area contributed by atoms with Gasteiger partial charge in [-0.2, -0.15) is 31.6 Å². The molecule has 2 N–H and O–H groups in total. The normalized spacial score (nSPS) is 15.0. The van der Waals surface area contributed by atoms with E-state index >= 15 is 0 Å². The molecule has 2 heterocycles. The van der Waals surface area contributed by atoms with Crippen LogP contribution in [0.5, 0.6) is 11.5 Å². The van der Waals surface area contributed by atoms with Crippen molar-refractivity contribution in [1.82, 2.24) is 0 Å². The molecule has 6 rings (SSSR count). The Hall–Kier alpha value is -5.91. The first-order valence-electron chi connectivity index (χ1n) is 18.4. The maximum absolute atomic E-state index is 13.7. The highest BCUT2D eigenvalue weighted by Gasteiger charge is 2.37. The lowest BCUT2D eigenvalue weighted by atomic mass is 9.97. The number of benzene rings is 4. The van der Waals surface area contributed by atoms with Gasteiger partial charge >= 0.3 is 12.4 Å². The van der Waals surface area contributed by atoms with Gasteiger partial charge in [-0.15, -0.1) is 0 Å². The number of carbonyl (C=O) groups excluding carboxylic acids is 2. The molecule has 15 heteroatoms. The summed E-state index contributed by atoms with van der Waals surface area (Å²) < 4.78 is 92.3. The van der Waals surface area contributed by atoms with Gasteiger partial charge in [-0.3, -0.25) is 9.59 Å². The minimum atomic E-state index is -4.60. The van der Waals surface area contributed by atoms with E-state index in [0.29, 0.717) is 61.9 Å². The molecule has 4 aromatic carbocycles. The molecule has 2 aliphatic rings. The van der Waals surface area contributed by atoms with E-state index in [4.69, 9.17) is 14.7 Å². The van der Waals surface area contributed by atoms with Gasteiger partial charge in [0, 0.05) is 78.1 Å². The number of amides is 2. The van der Waals surface area contributed by atoms with Gasteiger partial charge in [0.15, 0.2) is 0 Å². The molecule has 0 radical (unpaired) electrons. The van der Waals surface area contributed by atoms with E-state index in [-0.39, 0.29) is 28.4 Å². The van der Waals surface area contributed by atoms with Crippen molar-refractivity contribution in [3.8, 4) is 17.6 Å². The molecule has 0 unspecified atom stereocenters. The number of nitrogens with zero attached hydrogens (tertiary/aromatic N) is 3. The monoisotopic (exact) mass is 795 g/mol. The summed E-state index contributed by atoms with van der Waals surface area (Å²) in [6.45, 7) is 1.93. The van der Waals surface area contributed by atoms with Gasteiger partial charge in [0.05, 0.1) is 31.4 Å². The Labute approximate surface area is 327 Å². The van der Waals surface area contributed by atoms with Crippen LogP contribution >= 0.6 is 0 Å². The number of nitrogens with one attached hydrogen (secondary N) is 2. The number of piperidine rings is 1. The second kappa shape index (κ2) is 18.8. The Morgan fingerprint density at radius 1 is 0.632 bits per heavy atom. The quantitative estimate of drug-likeness (QED) is 0.171. The second-order valence-corrected chi connectivity index (χ2v) is 13.6. The van der Waals surface area contributed by atoms with Crippen LogP contribution in [0.1, 0.15) is 70.4 Å². The number of hydrogen-bond donors (Lipinski definition) is 2. The second-order valence-electron chi connectivity index (χ2n) is 13.6. The molecule has 2 aliphatic heterocycles. The van der Waals surface area contributed by atoms with Gasteiger partial charge in [0.1, 0.15) is 11.5 Å². The fraction of sp³-hybridized carbons (Fsp3) is 0.357. The fourth-order valence-electron chi connectivity index (χ4n) is 6.73. The molecular formula is C42H43F6N5O4. The number of anilines is 4. The van der Waals surface area contributed by atoms with Crippen LogP contribution in [0.2, 0.25) is 0 Å². The molecule has 2 fully saturated rings. The topological polar surface area (TPSA) is 107 Å². The third-order valence-electron chi connectivity index (χ3n) is 9.75. The molecule has 0 bridgehead atoms. The third-order valence-corrected chi connectivity index (χ3v) is 9.75. The average molecular weight is 796 g/mol. The summed E-state index contributed by atoms with van der Waals surface area (Å²) in [6, 6.07) is 22.8. The van der Waals surface area contributed by atoms with Crippen LogP contribution in [-0.2, 0) is 12.4 Å². The Morgan fingerprint density at radius 3 is 1.44 bits per heavy atom. The van der Waals surface area contributed by atoms with E-state index in [0.717, 1.165) is 37.8 Å². The van der Waals surface area contributed by atoms with Crippen molar-refractivity contribution >= 4 is 34.6 Å². The summed E-state index contributed by atoms with van der Waals surface area (Å²) in [4.78, 5) is 28.4. The molecule has 0 spiro atoms. The molecule has 0 saturated carbocycles. The van der Waals surface area contributed by atoms with Crippen LogP contribution in [0.15, 0.2) is 84.9 Å². The standard InChI is InChI=1S/C21H20F3N3O2.C21H23F3N2O2/c1-29-17-4-2-3-16(12-17)26-20(28)15-5-6-19(18(11-15)21(22,23)24)27-9-7-14(13-25)8-10-27;1-28-17-8-6-7-16(14-17)25-20(27)15-9-10-19(18(13-15)21(22,23)24)26-11-4-2-3-5-12-26/h2-6,11-12,14H,7-10H2,1H3,(H,26,28);6-10,13-14H,2-5,11-12H2,1H3,(H,25,27). The zero-order valence-electron chi connectivity index (χ0n) is 31.5. The van der Waals surface area contributed by atoms with Gasteiger partial charge in [0.2, 0.25) is 0 Å². The van der Waals surface area contributed by atoms with Crippen LogP contribution in [0.3, 0.4) is 0 Å². The van der Waals surface area contributed by atoms with Gasteiger partial charge in [0.25, 0.3) is 11.8 Å². The molecule has 4 aromatic rings. The lowest BCUT2D eigenvalue weighted by Gasteiger charge is -2.33. The number of ether oxygens (including phenoxy) is 2. The molecule has 0 aromatic heterocycles. The van der Waals surface area contributed by atoms with Gasteiger partial charge in [-0.25, -0.2) is 0 Å². The van der Waals surface area contributed by atoms with E-state index in [2.05, 4.69) is 16.7 Å². The zero-order chi connectivity index (χ0) is 41.2.